The molecular weight excluding hydrogens is 260 g/mol. The van der Waals surface area contributed by atoms with Crippen LogP contribution in [-0.4, -0.2) is 28.9 Å². The molecule has 0 unspecified atom stereocenters. The number of carbonyl (C=O) groups is 1. The molecule has 0 saturated carbocycles. The molecule has 3 heteroatoms. The van der Waals surface area contributed by atoms with E-state index >= 15 is 0 Å². The largest absolute Gasteiger partial charge is 0.342 e. The lowest BCUT2D eigenvalue weighted by atomic mass is 9.97. The van der Waals surface area contributed by atoms with Gasteiger partial charge in [0.2, 0.25) is 5.91 Å². The van der Waals surface area contributed by atoms with Gasteiger partial charge in [-0.05, 0) is 37.5 Å². The first-order chi connectivity index (χ1) is 10.3. The van der Waals surface area contributed by atoms with E-state index in [1.165, 1.54) is 0 Å². The third-order valence-corrected chi connectivity index (χ3v) is 3.99. The lowest BCUT2D eigenvalue weighted by molar-refractivity contribution is -0.130. The van der Waals surface area contributed by atoms with Crippen molar-refractivity contribution in [2.45, 2.75) is 18.8 Å². The van der Waals surface area contributed by atoms with Crippen molar-refractivity contribution in [2.75, 3.05) is 13.1 Å². The van der Waals surface area contributed by atoms with Crippen molar-refractivity contribution in [3.8, 4) is 11.3 Å². The maximum atomic E-state index is 12.4. The van der Waals surface area contributed by atoms with Crippen LogP contribution in [0.4, 0.5) is 0 Å². The number of nitrogens with zero attached hydrogens (tertiary/aromatic N) is 2. The van der Waals surface area contributed by atoms with Crippen LogP contribution in [0.15, 0.2) is 48.7 Å². The first-order valence-electron chi connectivity index (χ1n) is 7.39. The second-order valence-electron chi connectivity index (χ2n) is 5.42. The Bertz CT molecular complexity index is 601. The standard InChI is InChI=1S/C18H19N2O/c1-14(18(21)20-12-4-5-13-20)15-7-9-16(10-8-15)17-6-2-3-11-19-17/h2-3,6-11,14H,1,4-5,12-13H2/t14-/m0/s1. The Hall–Kier alpha value is -2.16. The molecule has 1 amide bonds. The van der Waals surface area contributed by atoms with Gasteiger partial charge >= 0.3 is 0 Å². The Balaban J connectivity index is 1.76. The smallest absolute Gasteiger partial charge is 0.230 e. The van der Waals surface area contributed by atoms with Gasteiger partial charge in [-0.1, -0.05) is 30.3 Å². The molecule has 3 nitrogen and oxygen atoms in total. The zero-order valence-corrected chi connectivity index (χ0v) is 12.0. The minimum Gasteiger partial charge on any atom is -0.342 e. The predicted molar refractivity (Wildman–Crippen MR) is 83.6 cm³/mol. The van der Waals surface area contributed by atoms with Gasteiger partial charge in [-0.3, -0.25) is 9.78 Å². The maximum absolute atomic E-state index is 12.4. The second kappa shape index (κ2) is 6.08. The van der Waals surface area contributed by atoms with Crippen LogP contribution in [-0.2, 0) is 4.79 Å². The average Bonchev–Trinajstić information content (AvgIpc) is 3.09. The maximum Gasteiger partial charge on any atom is 0.230 e. The summed E-state index contributed by atoms with van der Waals surface area (Å²) < 4.78 is 0. The van der Waals surface area contributed by atoms with Crippen molar-refractivity contribution in [2.24, 2.45) is 0 Å². The SMILES string of the molecule is [CH2][C@H](C(=O)N1CCCC1)c1ccc(-c2ccccn2)cc1. The lowest BCUT2D eigenvalue weighted by Gasteiger charge is -2.20. The van der Waals surface area contributed by atoms with Crippen LogP contribution in [0.1, 0.15) is 24.3 Å². The molecule has 0 N–H and O–H groups in total. The number of carbonyl (C=O) groups excluding carboxylic acids is 1. The summed E-state index contributed by atoms with van der Waals surface area (Å²) in [7, 11) is 0. The summed E-state index contributed by atoms with van der Waals surface area (Å²) in [5, 5.41) is 0. The summed E-state index contributed by atoms with van der Waals surface area (Å²) in [6.45, 7) is 5.79. The van der Waals surface area contributed by atoms with Crippen molar-refractivity contribution in [1.82, 2.24) is 9.88 Å². The molecule has 21 heavy (non-hydrogen) atoms. The highest BCUT2D eigenvalue weighted by Crippen LogP contribution is 2.23. The number of hydrogen-bond acceptors (Lipinski definition) is 2. The van der Waals surface area contributed by atoms with Crippen molar-refractivity contribution in [3.63, 3.8) is 0 Å². The Labute approximate surface area is 125 Å². The molecular formula is C18H19N2O. The molecule has 3 rings (SSSR count). The van der Waals surface area contributed by atoms with Gasteiger partial charge in [-0.2, -0.15) is 0 Å². The fraction of sp³-hybridized carbons (Fsp3) is 0.278. The lowest BCUT2D eigenvalue weighted by Crippen LogP contribution is -2.31. The molecule has 1 saturated heterocycles. The van der Waals surface area contributed by atoms with E-state index in [2.05, 4.69) is 11.9 Å². The van der Waals surface area contributed by atoms with Crippen LogP contribution >= 0.6 is 0 Å². The minimum atomic E-state index is -0.319. The molecule has 1 radical (unpaired) electrons. The zero-order valence-electron chi connectivity index (χ0n) is 12.0. The summed E-state index contributed by atoms with van der Waals surface area (Å²) in [5.41, 5.74) is 2.96. The monoisotopic (exact) mass is 279 g/mol. The van der Waals surface area contributed by atoms with Crippen LogP contribution in [0.3, 0.4) is 0 Å². The van der Waals surface area contributed by atoms with E-state index in [-0.39, 0.29) is 11.8 Å². The van der Waals surface area contributed by atoms with Gasteiger partial charge < -0.3 is 4.90 Å². The summed E-state index contributed by atoms with van der Waals surface area (Å²) >= 11 is 0. The van der Waals surface area contributed by atoms with Crippen LogP contribution < -0.4 is 0 Å². The highest BCUT2D eigenvalue weighted by molar-refractivity contribution is 5.84. The van der Waals surface area contributed by atoms with Gasteiger partial charge in [0.05, 0.1) is 11.6 Å². The number of amides is 1. The van der Waals surface area contributed by atoms with Gasteiger partial charge in [0.15, 0.2) is 0 Å². The summed E-state index contributed by atoms with van der Waals surface area (Å²) in [6.07, 6.45) is 4.00. The number of hydrogen-bond donors (Lipinski definition) is 0. The van der Waals surface area contributed by atoms with Gasteiger partial charge in [-0.25, -0.2) is 0 Å². The molecule has 1 aromatic heterocycles. The molecule has 1 aliphatic rings. The Morgan fingerprint density at radius 1 is 1.10 bits per heavy atom. The second-order valence-corrected chi connectivity index (χ2v) is 5.42. The normalized spacial score (nSPS) is 16.0. The summed E-state index contributed by atoms with van der Waals surface area (Å²) in [6, 6.07) is 13.8. The van der Waals surface area contributed by atoms with E-state index in [1.54, 1.807) is 6.20 Å². The molecule has 0 bridgehead atoms. The van der Waals surface area contributed by atoms with Crippen molar-refractivity contribution >= 4 is 5.91 Å². The van der Waals surface area contributed by atoms with E-state index in [1.807, 2.05) is 47.4 Å². The van der Waals surface area contributed by atoms with Crippen LogP contribution in [0.25, 0.3) is 11.3 Å². The third kappa shape index (κ3) is 2.97. The minimum absolute atomic E-state index is 0.137. The van der Waals surface area contributed by atoms with Crippen LogP contribution in [0, 0.1) is 6.92 Å². The van der Waals surface area contributed by atoms with Crippen LogP contribution in [0.2, 0.25) is 0 Å². The van der Waals surface area contributed by atoms with E-state index < -0.39 is 0 Å². The topological polar surface area (TPSA) is 33.2 Å². The van der Waals surface area contributed by atoms with E-state index in [0.29, 0.717) is 0 Å². The number of benzene rings is 1. The Kier molecular flexibility index (Phi) is 4.00. The Morgan fingerprint density at radius 3 is 2.43 bits per heavy atom. The molecule has 0 aliphatic carbocycles. The van der Waals surface area contributed by atoms with Crippen LogP contribution in [0.5, 0.6) is 0 Å². The molecule has 1 atom stereocenters. The number of likely N-dealkylation sites (tertiary alicyclic amines) is 1. The molecule has 107 valence electrons. The number of pyridine rings is 1. The first-order valence-corrected chi connectivity index (χ1v) is 7.39. The predicted octanol–water partition coefficient (Wildman–Crippen LogP) is 3.29. The molecule has 2 heterocycles. The van der Waals surface area contributed by atoms with Crippen molar-refractivity contribution < 1.29 is 4.79 Å². The van der Waals surface area contributed by atoms with E-state index in [0.717, 1.165) is 42.8 Å². The summed E-state index contributed by atoms with van der Waals surface area (Å²) in [5.74, 6) is -0.182. The van der Waals surface area contributed by atoms with E-state index in [4.69, 9.17) is 0 Å². The highest BCUT2D eigenvalue weighted by Gasteiger charge is 2.24. The molecule has 1 aromatic carbocycles. The average molecular weight is 279 g/mol. The first kappa shape index (κ1) is 13.8. The highest BCUT2D eigenvalue weighted by atomic mass is 16.2. The molecule has 2 aromatic rings. The summed E-state index contributed by atoms with van der Waals surface area (Å²) in [4.78, 5) is 18.6. The van der Waals surface area contributed by atoms with Crippen molar-refractivity contribution in [1.29, 1.82) is 0 Å². The fourth-order valence-electron chi connectivity index (χ4n) is 2.72. The fourth-order valence-corrected chi connectivity index (χ4v) is 2.72. The zero-order chi connectivity index (χ0) is 14.7. The van der Waals surface area contributed by atoms with Gasteiger partial charge in [0.25, 0.3) is 0 Å². The third-order valence-electron chi connectivity index (χ3n) is 3.99. The van der Waals surface area contributed by atoms with Gasteiger partial charge in [0, 0.05) is 24.8 Å². The quantitative estimate of drug-likeness (QED) is 0.863. The number of rotatable bonds is 3. The van der Waals surface area contributed by atoms with Gasteiger partial charge in [-0.15, -0.1) is 0 Å². The molecule has 1 fully saturated rings. The molecule has 1 aliphatic heterocycles. The molecule has 0 spiro atoms. The van der Waals surface area contributed by atoms with Crippen molar-refractivity contribution in [3.05, 3.63) is 61.1 Å². The number of aromatic nitrogens is 1. The van der Waals surface area contributed by atoms with E-state index in [9.17, 15) is 4.79 Å². The van der Waals surface area contributed by atoms with Gasteiger partial charge in [0.1, 0.15) is 0 Å². The Morgan fingerprint density at radius 2 is 1.81 bits per heavy atom.